The van der Waals surface area contributed by atoms with Gasteiger partial charge in [-0.05, 0) is 6.92 Å². The number of nitrogen functional groups attached to an aromatic ring is 1. The monoisotopic (exact) mass is 337 g/mol. The fourth-order valence-corrected chi connectivity index (χ4v) is 2.70. The number of anilines is 1. The van der Waals surface area contributed by atoms with Gasteiger partial charge in [-0.15, -0.1) is 0 Å². The van der Waals surface area contributed by atoms with E-state index in [0.29, 0.717) is 5.52 Å². The van der Waals surface area contributed by atoms with Crippen molar-refractivity contribution in [1.82, 2.24) is 19.5 Å². The average Bonchev–Trinajstić information content (AvgIpc) is 3.05. The fraction of sp³-hybridized carbons (Fsp3) is 0.500. The van der Waals surface area contributed by atoms with E-state index in [0.717, 1.165) is 0 Å². The molecule has 2 aromatic rings. The molecule has 0 radical (unpaired) electrons. The van der Waals surface area contributed by atoms with Crippen LogP contribution in [0.4, 0.5) is 10.3 Å². The number of aliphatic hydroxyl groups excluding tert-OH is 2. The van der Waals surface area contributed by atoms with Crippen LogP contribution in [0.3, 0.4) is 0 Å². The molecule has 24 heavy (non-hydrogen) atoms. The Morgan fingerprint density at radius 1 is 1.54 bits per heavy atom. The third kappa shape index (κ3) is 2.47. The van der Waals surface area contributed by atoms with Crippen LogP contribution >= 0.6 is 0 Å². The lowest BCUT2D eigenvalue weighted by Crippen LogP contribution is -2.47. The minimum absolute atomic E-state index is 0.0201. The van der Waals surface area contributed by atoms with E-state index in [1.807, 2.05) is 0 Å². The summed E-state index contributed by atoms with van der Waals surface area (Å²) in [5.41, 5.74) is 4.02. The molecule has 0 saturated carbocycles. The standard InChI is InChI=1S/C14H16FN5O4/c1-7(21)9-10(22)14(23,3-2-4-15)12(24-9)20-6-18-8-5-17-13(16)19-11(8)20/h5-7,9-10,12,21-23H,4H2,1H3,(H2,16,17,19)/t7-,9-,10?,12-,14-/m1/s1. The highest BCUT2D eigenvalue weighted by atomic mass is 19.1. The van der Waals surface area contributed by atoms with Gasteiger partial charge < -0.3 is 25.8 Å². The van der Waals surface area contributed by atoms with Gasteiger partial charge in [0, 0.05) is 0 Å². The summed E-state index contributed by atoms with van der Waals surface area (Å²) >= 11 is 0. The Bertz CT molecular complexity index is 816. The lowest BCUT2D eigenvalue weighted by Gasteiger charge is -2.26. The van der Waals surface area contributed by atoms with Crippen molar-refractivity contribution >= 4 is 17.1 Å². The summed E-state index contributed by atoms with van der Waals surface area (Å²) in [6.07, 6.45) is -2.38. The van der Waals surface area contributed by atoms with Gasteiger partial charge in [-0.25, -0.2) is 14.4 Å². The second kappa shape index (κ2) is 5.95. The van der Waals surface area contributed by atoms with E-state index in [1.165, 1.54) is 24.0 Å². The predicted octanol–water partition coefficient (Wildman–Crippen LogP) is -1.25. The number of hydrogen-bond acceptors (Lipinski definition) is 8. The first-order valence-electron chi connectivity index (χ1n) is 7.13. The van der Waals surface area contributed by atoms with E-state index in [2.05, 4.69) is 26.8 Å². The molecule has 2 aromatic heterocycles. The SMILES string of the molecule is C[C@@H](O)[C@H]1O[C@@H](n2cnc3cnc(N)nc32)[C@@](O)(C#CCF)C1O. The van der Waals surface area contributed by atoms with Crippen molar-refractivity contribution in [3.05, 3.63) is 12.5 Å². The summed E-state index contributed by atoms with van der Waals surface area (Å²) < 4.78 is 19.4. The Hall–Kier alpha value is -2.32. The normalized spacial score (nSPS) is 31.0. The highest BCUT2D eigenvalue weighted by Gasteiger charge is 2.57. The molecular formula is C14H16FN5O4. The molecule has 3 rings (SSSR count). The van der Waals surface area contributed by atoms with Crippen LogP contribution in [0.1, 0.15) is 13.2 Å². The third-order valence-electron chi connectivity index (χ3n) is 3.84. The quantitative estimate of drug-likeness (QED) is 0.499. The zero-order chi connectivity index (χ0) is 17.5. The highest BCUT2D eigenvalue weighted by Crippen LogP contribution is 2.40. The van der Waals surface area contributed by atoms with Gasteiger partial charge in [0.25, 0.3) is 0 Å². The minimum atomic E-state index is -2.17. The maximum atomic E-state index is 12.5. The van der Waals surface area contributed by atoms with Crippen LogP contribution in [0.5, 0.6) is 0 Å². The number of halogens is 1. The first-order valence-corrected chi connectivity index (χ1v) is 7.13. The van der Waals surface area contributed by atoms with Gasteiger partial charge in [0.2, 0.25) is 5.95 Å². The Balaban J connectivity index is 2.13. The van der Waals surface area contributed by atoms with E-state index in [4.69, 9.17) is 10.5 Å². The number of imidazole rings is 1. The van der Waals surface area contributed by atoms with Gasteiger partial charge in [-0.1, -0.05) is 11.8 Å². The van der Waals surface area contributed by atoms with Crippen molar-refractivity contribution < 1.29 is 24.4 Å². The number of ether oxygens (including phenoxy) is 1. The second-order valence-electron chi connectivity index (χ2n) is 5.49. The summed E-state index contributed by atoms with van der Waals surface area (Å²) in [7, 11) is 0. The Kier molecular flexibility index (Phi) is 4.10. The van der Waals surface area contributed by atoms with Crippen LogP contribution in [-0.2, 0) is 4.74 Å². The maximum Gasteiger partial charge on any atom is 0.222 e. The maximum absolute atomic E-state index is 12.5. The molecule has 0 spiro atoms. The molecule has 5 atom stereocenters. The van der Waals surface area contributed by atoms with Crippen molar-refractivity contribution in [2.75, 3.05) is 12.4 Å². The molecular weight excluding hydrogens is 321 g/mol. The Morgan fingerprint density at radius 3 is 2.96 bits per heavy atom. The zero-order valence-corrected chi connectivity index (χ0v) is 12.7. The molecule has 128 valence electrons. The first kappa shape index (κ1) is 16.5. The molecule has 1 fully saturated rings. The van der Waals surface area contributed by atoms with Crippen molar-refractivity contribution in [3.63, 3.8) is 0 Å². The number of hydrogen-bond donors (Lipinski definition) is 4. The average molecular weight is 337 g/mol. The summed E-state index contributed by atoms with van der Waals surface area (Å²) in [6.45, 7) is 0.381. The third-order valence-corrected chi connectivity index (χ3v) is 3.84. The van der Waals surface area contributed by atoms with Crippen LogP contribution in [0, 0.1) is 11.8 Å². The van der Waals surface area contributed by atoms with Crippen LogP contribution < -0.4 is 5.73 Å². The van der Waals surface area contributed by atoms with E-state index in [9.17, 15) is 19.7 Å². The fourth-order valence-electron chi connectivity index (χ4n) is 2.70. The summed E-state index contributed by atoms with van der Waals surface area (Å²) in [4.78, 5) is 11.9. The van der Waals surface area contributed by atoms with Crippen LogP contribution in [0.2, 0.25) is 0 Å². The number of nitrogens with zero attached hydrogens (tertiary/aromatic N) is 4. The summed E-state index contributed by atoms with van der Waals surface area (Å²) in [6, 6.07) is 0. The molecule has 1 saturated heterocycles. The number of aromatic nitrogens is 4. The highest BCUT2D eigenvalue weighted by molar-refractivity contribution is 5.70. The number of alkyl halides is 1. The molecule has 3 heterocycles. The van der Waals surface area contributed by atoms with Gasteiger partial charge in [0.05, 0.1) is 18.6 Å². The van der Waals surface area contributed by atoms with Crippen molar-refractivity contribution in [2.24, 2.45) is 0 Å². The van der Waals surface area contributed by atoms with E-state index in [-0.39, 0.29) is 11.6 Å². The molecule has 0 amide bonds. The molecule has 9 nitrogen and oxygen atoms in total. The van der Waals surface area contributed by atoms with Gasteiger partial charge in [0.1, 0.15) is 24.4 Å². The molecule has 0 bridgehead atoms. The number of nitrogens with two attached hydrogens (primary N) is 1. The Labute approximate surface area is 135 Å². The second-order valence-corrected chi connectivity index (χ2v) is 5.49. The topological polar surface area (TPSA) is 140 Å². The summed E-state index contributed by atoms with van der Waals surface area (Å²) in [5.74, 6) is 4.35. The van der Waals surface area contributed by atoms with Crippen molar-refractivity contribution in [2.45, 2.75) is 37.1 Å². The van der Waals surface area contributed by atoms with Crippen LogP contribution in [-0.4, -0.2) is 65.4 Å². The number of fused-ring (bicyclic) bond motifs is 1. The molecule has 5 N–H and O–H groups in total. The van der Waals surface area contributed by atoms with Gasteiger partial charge in [0.15, 0.2) is 17.5 Å². The molecule has 1 aliphatic heterocycles. The predicted molar refractivity (Wildman–Crippen MR) is 80.0 cm³/mol. The molecule has 0 aromatic carbocycles. The van der Waals surface area contributed by atoms with Gasteiger partial charge >= 0.3 is 0 Å². The number of aliphatic hydroxyl groups is 3. The van der Waals surface area contributed by atoms with Gasteiger partial charge in [-0.3, -0.25) is 4.57 Å². The molecule has 1 aliphatic rings. The number of rotatable bonds is 2. The van der Waals surface area contributed by atoms with Crippen molar-refractivity contribution in [3.8, 4) is 11.8 Å². The largest absolute Gasteiger partial charge is 0.391 e. The molecule has 10 heteroatoms. The lowest BCUT2D eigenvalue weighted by atomic mass is 9.93. The van der Waals surface area contributed by atoms with Gasteiger partial charge in [-0.2, -0.15) is 4.98 Å². The first-order chi connectivity index (χ1) is 11.4. The zero-order valence-electron chi connectivity index (χ0n) is 12.7. The van der Waals surface area contributed by atoms with E-state index < -0.39 is 36.8 Å². The smallest absolute Gasteiger partial charge is 0.222 e. The Morgan fingerprint density at radius 2 is 2.29 bits per heavy atom. The summed E-state index contributed by atoms with van der Waals surface area (Å²) in [5, 5.41) is 30.9. The molecule has 0 aliphatic carbocycles. The lowest BCUT2D eigenvalue weighted by molar-refractivity contribution is -0.0847. The van der Waals surface area contributed by atoms with Crippen molar-refractivity contribution in [1.29, 1.82) is 0 Å². The van der Waals surface area contributed by atoms with E-state index in [1.54, 1.807) is 0 Å². The van der Waals surface area contributed by atoms with E-state index >= 15 is 0 Å². The van der Waals surface area contributed by atoms with Crippen LogP contribution in [0.15, 0.2) is 12.5 Å². The van der Waals surface area contributed by atoms with Crippen LogP contribution in [0.25, 0.3) is 11.2 Å². The minimum Gasteiger partial charge on any atom is -0.391 e. The molecule has 1 unspecified atom stereocenters.